The molecule has 19 heavy (non-hydrogen) atoms. The minimum Gasteiger partial charge on any atom is -0.258 e. The second kappa shape index (κ2) is 4.43. The van der Waals surface area contributed by atoms with Gasteiger partial charge in [0.05, 0.1) is 15.4 Å². The summed E-state index contributed by atoms with van der Waals surface area (Å²) in [5, 5.41) is 10.8. The molecule has 104 valence electrons. The molecule has 0 spiro atoms. The third kappa shape index (κ3) is 2.01. The van der Waals surface area contributed by atoms with Gasteiger partial charge in [-0.15, -0.1) is 11.6 Å². The Balaban J connectivity index is 2.68. The SMILES string of the molecule is CC1(C)c2ccc([N+](=O)[O-])cc2S(=O)(=O)N1CCCl. The topological polar surface area (TPSA) is 80.5 Å². The van der Waals surface area contributed by atoms with E-state index in [1.165, 1.54) is 16.4 Å². The fraction of sp³-hybridized carbons (Fsp3) is 0.455. The van der Waals surface area contributed by atoms with Crippen LogP contribution >= 0.6 is 11.6 Å². The maximum atomic E-state index is 12.4. The maximum absolute atomic E-state index is 12.4. The Kier molecular flexibility index (Phi) is 3.32. The zero-order valence-electron chi connectivity index (χ0n) is 10.5. The Morgan fingerprint density at radius 1 is 1.42 bits per heavy atom. The van der Waals surface area contributed by atoms with Crippen molar-refractivity contribution in [3.8, 4) is 0 Å². The molecule has 8 heteroatoms. The van der Waals surface area contributed by atoms with Crippen molar-refractivity contribution in [3.05, 3.63) is 33.9 Å². The van der Waals surface area contributed by atoms with Crippen molar-refractivity contribution in [2.24, 2.45) is 0 Å². The van der Waals surface area contributed by atoms with Gasteiger partial charge in [0.25, 0.3) is 5.69 Å². The van der Waals surface area contributed by atoms with E-state index in [4.69, 9.17) is 11.6 Å². The van der Waals surface area contributed by atoms with Gasteiger partial charge in [-0.3, -0.25) is 10.1 Å². The summed E-state index contributed by atoms with van der Waals surface area (Å²) >= 11 is 5.65. The van der Waals surface area contributed by atoms with Crippen LogP contribution in [0.15, 0.2) is 23.1 Å². The van der Waals surface area contributed by atoms with Crippen LogP contribution in [0.5, 0.6) is 0 Å². The normalized spacial score (nSPS) is 20.2. The minimum atomic E-state index is -3.73. The summed E-state index contributed by atoms with van der Waals surface area (Å²) < 4.78 is 26.1. The predicted molar refractivity (Wildman–Crippen MR) is 70.7 cm³/mol. The van der Waals surface area contributed by atoms with Gasteiger partial charge in [0, 0.05) is 24.6 Å². The minimum absolute atomic E-state index is 0.00295. The highest BCUT2D eigenvalue weighted by molar-refractivity contribution is 7.89. The molecule has 1 aromatic carbocycles. The van der Waals surface area contributed by atoms with Crippen molar-refractivity contribution in [3.63, 3.8) is 0 Å². The molecule has 6 nitrogen and oxygen atoms in total. The van der Waals surface area contributed by atoms with Gasteiger partial charge in [0.15, 0.2) is 0 Å². The molecule has 0 N–H and O–H groups in total. The number of hydrogen-bond donors (Lipinski definition) is 0. The molecule has 0 unspecified atom stereocenters. The van der Waals surface area contributed by atoms with Gasteiger partial charge >= 0.3 is 0 Å². The molecule has 0 bridgehead atoms. The summed E-state index contributed by atoms with van der Waals surface area (Å²) in [6.45, 7) is 3.68. The number of rotatable bonds is 3. The van der Waals surface area contributed by atoms with E-state index in [1.807, 2.05) is 0 Å². The molecule has 1 aromatic rings. The van der Waals surface area contributed by atoms with Crippen LogP contribution in [0.1, 0.15) is 19.4 Å². The number of nitro benzene ring substituents is 1. The zero-order chi connectivity index (χ0) is 14.4. The van der Waals surface area contributed by atoms with E-state index in [0.717, 1.165) is 6.07 Å². The number of alkyl halides is 1. The quantitative estimate of drug-likeness (QED) is 0.486. The summed E-state index contributed by atoms with van der Waals surface area (Å²) in [5.41, 5.74) is -0.424. The lowest BCUT2D eigenvalue weighted by molar-refractivity contribution is -0.385. The van der Waals surface area contributed by atoms with Crippen LogP contribution in [0.3, 0.4) is 0 Å². The van der Waals surface area contributed by atoms with Crippen LogP contribution in [0.2, 0.25) is 0 Å². The number of nitrogens with zero attached hydrogens (tertiary/aromatic N) is 2. The first-order valence-corrected chi connectivity index (χ1v) is 7.58. The monoisotopic (exact) mass is 304 g/mol. The summed E-state index contributed by atoms with van der Waals surface area (Å²) in [4.78, 5) is 10.1. The lowest BCUT2D eigenvalue weighted by Gasteiger charge is -2.29. The Labute approximate surface area is 116 Å². The van der Waals surface area contributed by atoms with Gasteiger partial charge in [0.2, 0.25) is 10.0 Å². The molecule has 0 fully saturated rings. The number of nitro groups is 1. The van der Waals surface area contributed by atoms with Crippen LogP contribution in [-0.4, -0.2) is 30.1 Å². The van der Waals surface area contributed by atoms with Gasteiger partial charge in [0.1, 0.15) is 0 Å². The lowest BCUT2D eigenvalue weighted by Crippen LogP contribution is -2.40. The first kappa shape index (κ1) is 14.2. The summed E-state index contributed by atoms with van der Waals surface area (Å²) in [5.74, 6) is 0.165. The number of sulfonamides is 1. The second-order valence-electron chi connectivity index (χ2n) is 4.76. The number of fused-ring (bicyclic) bond motifs is 1. The predicted octanol–water partition coefficient (Wildman–Crippen LogP) is 2.07. The van der Waals surface area contributed by atoms with E-state index in [2.05, 4.69) is 0 Å². The van der Waals surface area contributed by atoms with Gasteiger partial charge in [-0.05, 0) is 25.5 Å². The standard InChI is InChI=1S/C11H13ClN2O4S/c1-11(2)9-4-3-8(14(15)16)7-10(9)19(17,18)13(11)6-5-12/h3-4,7H,5-6H2,1-2H3. The Bertz CT molecular complexity index is 642. The van der Waals surface area contributed by atoms with Gasteiger partial charge in [-0.1, -0.05) is 0 Å². The fourth-order valence-corrected chi connectivity index (χ4v) is 4.78. The molecule has 0 saturated heterocycles. The first-order chi connectivity index (χ1) is 8.72. The molecule has 2 rings (SSSR count). The Morgan fingerprint density at radius 3 is 2.58 bits per heavy atom. The van der Waals surface area contributed by atoms with E-state index >= 15 is 0 Å². The van der Waals surface area contributed by atoms with Crippen LogP contribution in [0, 0.1) is 10.1 Å². The number of benzene rings is 1. The van der Waals surface area contributed by atoms with Crippen molar-refractivity contribution in [1.29, 1.82) is 0 Å². The number of halogens is 1. The molecule has 0 aromatic heterocycles. The van der Waals surface area contributed by atoms with Crippen molar-refractivity contribution in [2.75, 3.05) is 12.4 Å². The highest BCUT2D eigenvalue weighted by Crippen LogP contribution is 2.44. The summed E-state index contributed by atoms with van der Waals surface area (Å²) in [7, 11) is -3.73. The third-order valence-corrected chi connectivity index (χ3v) is 5.60. The molecule has 0 amide bonds. The van der Waals surface area contributed by atoms with Crippen LogP contribution in [0.25, 0.3) is 0 Å². The average molecular weight is 305 g/mol. The summed E-state index contributed by atoms with van der Waals surface area (Å²) in [6.07, 6.45) is 0. The smallest absolute Gasteiger partial charge is 0.258 e. The van der Waals surface area contributed by atoms with Crippen molar-refractivity contribution < 1.29 is 13.3 Å². The van der Waals surface area contributed by atoms with E-state index in [9.17, 15) is 18.5 Å². The molecule has 1 aliphatic heterocycles. The average Bonchev–Trinajstić information content (AvgIpc) is 2.48. The molecule has 0 atom stereocenters. The Hall–Kier alpha value is -1.18. The van der Waals surface area contributed by atoms with Crippen LogP contribution < -0.4 is 0 Å². The molecule has 0 radical (unpaired) electrons. The van der Waals surface area contributed by atoms with Gasteiger partial charge < -0.3 is 0 Å². The van der Waals surface area contributed by atoms with Gasteiger partial charge in [-0.25, -0.2) is 8.42 Å². The highest BCUT2D eigenvalue weighted by atomic mass is 35.5. The van der Waals surface area contributed by atoms with Crippen molar-refractivity contribution in [1.82, 2.24) is 4.31 Å². The highest BCUT2D eigenvalue weighted by Gasteiger charge is 2.48. The summed E-state index contributed by atoms with van der Waals surface area (Å²) in [6, 6.07) is 3.93. The van der Waals surface area contributed by atoms with Crippen LogP contribution in [-0.2, 0) is 15.6 Å². The second-order valence-corrected chi connectivity index (χ2v) is 6.97. The van der Waals surface area contributed by atoms with Crippen molar-refractivity contribution >= 4 is 27.3 Å². The molecule has 0 saturated carbocycles. The van der Waals surface area contributed by atoms with E-state index < -0.39 is 20.5 Å². The zero-order valence-corrected chi connectivity index (χ0v) is 12.0. The molecular weight excluding hydrogens is 292 g/mol. The molecule has 1 heterocycles. The van der Waals surface area contributed by atoms with E-state index in [0.29, 0.717) is 5.56 Å². The van der Waals surface area contributed by atoms with E-state index in [-0.39, 0.29) is 23.0 Å². The van der Waals surface area contributed by atoms with E-state index in [1.54, 1.807) is 13.8 Å². The third-order valence-electron chi connectivity index (χ3n) is 3.31. The van der Waals surface area contributed by atoms with Crippen molar-refractivity contribution in [2.45, 2.75) is 24.3 Å². The largest absolute Gasteiger partial charge is 0.270 e. The molecule has 1 aliphatic rings. The first-order valence-electron chi connectivity index (χ1n) is 5.60. The van der Waals surface area contributed by atoms with Crippen LogP contribution in [0.4, 0.5) is 5.69 Å². The number of non-ortho nitro benzene ring substituents is 1. The maximum Gasteiger partial charge on any atom is 0.270 e. The Morgan fingerprint density at radius 2 is 2.05 bits per heavy atom. The fourth-order valence-electron chi connectivity index (χ4n) is 2.37. The molecular formula is C11H13ClN2O4S. The lowest BCUT2D eigenvalue weighted by atomic mass is 9.94. The molecule has 0 aliphatic carbocycles. The van der Waals surface area contributed by atoms with Gasteiger partial charge in [-0.2, -0.15) is 4.31 Å². The number of hydrogen-bond acceptors (Lipinski definition) is 4.